The summed E-state index contributed by atoms with van der Waals surface area (Å²) < 4.78 is 59.9. The predicted molar refractivity (Wildman–Crippen MR) is 131 cm³/mol. The van der Waals surface area contributed by atoms with Crippen molar-refractivity contribution in [2.75, 3.05) is 17.8 Å². The molecule has 1 fully saturated rings. The highest BCUT2D eigenvalue weighted by Gasteiger charge is 2.47. The summed E-state index contributed by atoms with van der Waals surface area (Å²) in [5, 5.41) is 9.91. The molecule has 2 aliphatic carbocycles. The van der Waals surface area contributed by atoms with Gasteiger partial charge in [0.05, 0.1) is 20.6 Å². The van der Waals surface area contributed by atoms with Gasteiger partial charge in [-0.15, -0.1) is 23.5 Å². The lowest BCUT2D eigenvalue weighted by molar-refractivity contribution is -0.149. The molecule has 1 saturated heterocycles. The summed E-state index contributed by atoms with van der Waals surface area (Å²) in [6.45, 7) is 1.16. The maximum Gasteiger partial charge on any atom is 0.303 e. The summed E-state index contributed by atoms with van der Waals surface area (Å²) in [6.07, 6.45) is -0.573. The van der Waals surface area contributed by atoms with Crippen LogP contribution in [0.3, 0.4) is 0 Å². The molecule has 0 aromatic heterocycles. The van der Waals surface area contributed by atoms with E-state index in [2.05, 4.69) is 6.07 Å². The van der Waals surface area contributed by atoms with E-state index in [4.69, 9.17) is 4.74 Å². The van der Waals surface area contributed by atoms with Crippen LogP contribution in [-0.2, 0) is 29.9 Å². The summed E-state index contributed by atoms with van der Waals surface area (Å²) >= 11 is 3.52. The Kier molecular flexibility index (Phi) is 6.17. The number of thioether (sulfide) groups is 2. The van der Waals surface area contributed by atoms with Crippen molar-refractivity contribution in [1.82, 2.24) is 0 Å². The summed E-state index contributed by atoms with van der Waals surface area (Å²) in [5.41, 5.74) is 3.13. The Morgan fingerprint density at radius 3 is 2.57 bits per heavy atom. The zero-order valence-electron chi connectivity index (χ0n) is 19.1. The Hall–Kier alpha value is -2.09. The molecule has 0 N–H and O–H groups in total. The van der Waals surface area contributed by atoms with E-state index in [1.165, 1.54) is 18.2 Å². The van der Waals surface area contributed by atoms with E-state index in [1.54, 1.807) is 29.6 Å². The number of fused-ring (bicyclic) bond motifs is 3. The summed E-state index contributed by atoms with van der Waals surface area (Å²) in [7, 11) is -3.73. The van der Waals surface area contributed by atoms with Gasteiger partial charge in [0.25, 0.3) is 0 Å². The molecule has 0 bridgehead atoms. The molecule has 5 rings (SSSR count). The molecular formula is C25H23F2NO4S3. The number of ether oxygens (including phenoxy) is 1. The van der Waals surface area contributed by atoms with Crippen LogP contribution in [0.4, 0.5) is 8.78 Å². The molecular weight excluding hydrogens is 512 g/mol. The second-order valence-corrected chi connectivity index (χ2v) is 14.2. The Balaban J connectivity index is 1.75. The van der Waals surface area contributed by atoms with Gasteiger partial charge < -0.3 is 4.74 Å². The lowest BCUT2D eigenvalue weighted by Gasteiger charge is -2.39. The Labute approximate surface area is 211 Å². The third kappa shape index (κ3) is 4.05. The molecule has 1 spiro atoms. The van der Waals surface area contributed by atoms with E-state index in [-0.39, 0.29) is 32.4 Å². The number of hydrogen-bond donors (Lipinski definition) is 0. The molecule has 3 aliphatic rings. The van der Waals surface area contributed by atoms with Gasteiger partial charge in [-0.05, 0) is 53.3 Å². The zero-order chi connectivity index (χ0) is 25.1. The van der Waals surface area contributed by atoms with Crippen LogP contribution in [0.5, 0.6) is 0 Å². The molecule has 10 heteroatoms. The minimum absolute atomic E-state index is 0.0586. The first-order chi connectivity index (χ1) is 16.6. The monoisotopic (exact) mass is 535 g/mol. The average Bonchev–Trinajstić information content (AvgIpc) is 3.38. The fraction of sp³-hybridized carbons (Fsp3) is 0.440. The van der Waals surface area contributed by atoms with Crippen molar-refractivity contribution >= 4 is 39.3 Å². The fourth-order valence-electron chi connectivity index (χ4n) is 5.72. The van der Waals surface area contributed by atoms with E-state index < -0.39 is 33.9 Å². The van der Waals surface area contributed by atoms with Gasteiger partial charge in [0, 0.05) is 42.6 Å². The number of esters is 1. The van der Waals surface area contributed by atoms with Crippen molar-refractivity contribution in [2.24, 2.45) is 0 Å². The van der Waals surface area contributed by atoms with E-state index in [0.717, 1.165) is 42.2 Å². The topological polar surface area (TPSA) is 84.2 Å². The quantitative estimate of drug-likeness (QED) is 0.502. The van der Waals surface area contributed by atoms with Crippen LogP contribution in [0.1, 0.15) is 65.2 Å². The van der Waals surface area contributed by atoms with Crippen molar-refractivity contribution in [3.63, 3.8) is 0 Å². The van der Waals surface area contributed by atoms with Gasteiger partial charge in [-0.25, -0.2) is 17.2 Å². The van der Waals surface area contributed by atoms with Crippen LogP contribution in [0.25, 0.3) is 0 Å². The number of nitrogens with zero attached hydrogens (tertiary/aromatic N) is 1. The van der Waals surface area contributed by atoms with Gasteiger partial charge in [-0.1, -0.05) is 6.07 Å². The molecule has 2 aromatic carbocycles. The molecule has 2 aromatic rings. The molecule has 0 unspecified atom stereocenters. The molecule has 5 nitrogen and oxygen atoms in total. The van der Waals surface area contributed by atoms with Crippen LogP contribution >= 0.6 is 23.5 Å². The average molecular weight is 536 g/mol. The van der Waals surface area contributed by atoms with Crippen LogP contribution in [0, 0.1) is 17.1 Å². The van der Waals surface area contributed by atoms with Gasteiger partial charge in [0.2, 0.25) is 0 Å². The number of halogens is 2. The molecule has 0 amide bonds. The lowest BCUT2D eigenvalue weighted by Crippen LogP contribution is -2.27. The number of alkyl halides is 1. The standard InChI is InChI=1S/C25H23F2NO4S3/c1-13(29)32-24-20(27)11-18-16(3-4-21(23(18)24)35(2,30)31)17-5-6-25(33-7-8-34-25)19-10-15(26)9-14(12-28)22(17)19/h3-4,9-10,17,20,24H,5-8,11H2,1-2H3/t17-,20-,24-/m1/s1. The highest BCUT2D eigenvalue weighted by atomic mass is 32.2. The minimum Gasteiger partial charge on any atom is -0.454 e. The van der Waals surface area contributed by atoms with Crippen molar-refractivity contribution in [1.29, 1.82) is 5.26 Å². The molecule has 0 radical (unpaired) electrons. The minimum atomic E-state index is -3.73. The Bertz CT molecular complexity index is 1380. The van der Waals surface area contributed by atoms with Crippen LogP contribution in [0.2, 0.25) is 0 Å². The zero-order valence-corrected chi connectivity index (χ0v) is 21.6. The number of carbonyl (C=O) groups excluding carboxylic acids is 1. The third-order valence-electron chi connectivity index (χ3n) is 6.97. The number of hydrogen-bond acceptors (Lipinski definition) is 7. The van der Waals surface area contributed by atoms with E-state index >= 15 is 4.39 Å². The van der Waals surface area contributed by atoms with E-state index in [0.29, 0.717) is 17.5 Å². The van der Waals surface area contributed by atoms with Crippen LogP contribution < -0.4 is 0 Å². The number of nitriles is 1. The van der Waals surface area contributed by atoms with Gasteiger partial charge in [-0.2, -0.15) is 5.26 Å². The lowest BCUT2D eigenvalue weighted by atomic mass is 9.74. The first-order valence-electron chi connectivity index (χ1n) is 11.2. The number of benzene rings is 2. The molecule has 35 heavy (non-hydrogen) atoms. The van der Waals surface area contributed by atoms with Gasteiger partial charge >= 0.3 is 5.97 Å². The molecule has 184 valence electrons. The van der Waals surface area contributed by atoms with Crippen molar-refractivity contribution in [3.05, 3.63) is 63.5 Å². The maximum atomic E-state index is 15.2. The normalized spacial score (nSPS) is 24.6. The fourth-order valence-corrected chi connectivity index (χ4v) is 10.0. The SMILES string of the molecule is CC(=O)O[C@H]1c2c(S(C)(=O)=O)ccc([C@H]3CCC4(SCCS4)c4cc(F)cc(C#N)c43)c2C[C@H]1F. The Morgan fingerprint density at radius 2 is 1.94 bits per heavy atom. The van der Waals surface area contributed by atoms with E-state index in [9.17, 15) is 22.9 Å². The maximum absolute atomic E-state index is 15.2. The van der Waals surface area contributed by atoms with Crippen molar-refractivity contribution in [2.45, 2.75) is 53.4 Å². The molecule has 0 saturated carbocycles. The van der Waals surface area contributed by atoms with Gasteiger partial charge in [0.15, 0.2) is 15.9 Å². The number of carbonyl (C=O) groups is 1. The molecule has 3 atom stereocenters. The second-order valence-electron chi connectivity index (χ2n) is 9.13. The van der Waals surface area contributed by atoms with Crippen LogP contribution in [0.15, 0.2) is 29.2 Å². The van der Waals surface area contributed by atoms with Gasteiger partial charge in [0.1, 0.15) is 12.0 Å². The number of sulfone groups is 1. The largest absolute Gasteiger partial charge is 0.454 e. The first-order valence-corrected chi connectivity index (χ1v) is 15.1. The summed E-state index contributed by atoms with van der Waals surface area (Å²) in [4.78, 5) is 11.7. The number of rotatable bonds is 3. The highest BCUT2D eigenvalue weighted by molar-refractivity contribution is 8.20. The van der Waals surface area contributed by atoms with Gasteiger partial charge in [-0.3, -0.25) is 4.79 Å². The van der Waals surface area contributed by atoms with Crippen molar-refractivity contribution < 1.29 is 26.7 Å². The highest BCUT2D eigenvalue weighted by Crippen LogP contribution is 2.61. The second kappa shape index (κ2) is 8.79. The molecule has 1 heterocycles. The Morgan fingerprint density at radius 1 is 1.23 bits per heavy atom. The summed E-state index contributed by atoms with van der Waals surface area (Å²) in [5.74, 6) is 0.360. The van der Waals surface area contributed by atoms with Crippen LogP contribution in [-0.4, -0.2) is 38.3 Å². The smallest absolute Gasteiger partial charge is 0.303 e. The molecule has 1 aliphatic heterocycles. The third-order valence-corrected chi connectivity index (χ3v) is 11.7. The van der Waals surface area contributed by atoms with Crippen molar-refractivity contribution in [3.8, 4) is 6.07 Å². The predicted octanol–water partition coefficient (Wildman–Crippen LogP) is 5.16. The first kappa shape index (κ1) is 24.6. The van der Waals surface area contributed by atoms with E-state index in [1.807, 2.05) is 0 Å². The summed E-state index contributed by atoms with van der Waals surface area (Å²) in [6, 6.07) is 8.03.